The molecule has 0 fully saturated rings. The summed E-state index contributed by atoms with van der Waals surface area (Å²) in [7, 11) is 0. The number of pyridine rings is 1. The monoisotopic (exact) mass is 248 g/mol. The van der Waals surface area contributed by atoms with E-state index in [1.54, 1.807) is 12.3 Å². The van der Waals surface area contributed by atoms with Gasteiger partial charge in [-0.05, 0) is 43.2 Å². The first-order valence-electron chi connectivity index (χ1n) is 5.23. The van der Waals surface area contributed by atoms with Crippen LogP contribution in [0, 0.1) is 13.8 Å². The molecule has 4 heteroatoms. The third kappa shape index (κ3) is 2.50. The van der Waals surface area contributed by atoms with E-state index in [0.717, 1.165) is 11.1 Å². The Hall–Kier alpha value is -1.74. The first-order chi connectivity index (χ1) is 8.08. The fourth-order valence-electron chi connectivity index (χ4n) is 1.42. The van der Waals surface area contributed by atoms with Crippen LogP contribution in [0.5, 0.6) is 11.6 Å². The number of hydrogen-bond acceptors (Lipinski definition) is 3. The number of rotatable bonds is 2. The second-order valence-corrected chi connectivity index (χ2v) is 4.29. The molecule has 0 bridgehead atoms. The highest BCUT2D eigenvalue weighted by atomic mass is 35.5. The van der Waals surface area contributed by atoms with Crippen molar-refractivity contribution in [2.75, 3.05) is 5.73 Å². The van der Waals surface area contributed by atoms with Crippen LogP contribution in [0.15, 0.2) is 30.5 Å². The predicted molar refractivity (Wildman–Crippen MR) is 69.6 cm³/mol. The highest BCUT2D eigenvalue weighted by Gasteiger charge is 2.08. The highest BCUT2D eigenvalue weighted by molar-refractivity contribution is 6.32. The number of halogens is 1. The second kappa shape index (κ2) is 4.63. The maximum Gasteiger partial charge on any atom is 0.242 e. The number of nitrogen functional groups attached to an aromatic ring is 1. The average Bonchev–Trinajstić information content (AvgIpc) is 2.30. The number of aryl methyl sites for hydroxylation is 2. The lowest BCUT2D eigenvalue weighted by atomic mass is 10.2. The van der Waals surface area contributed by atoms with Crippen LogP contribution < -0.4 is 10.5 Å². The maximum absolute atomic E-state index is 6.04. The van der Waals surface area contributed by atoms with Crippen LogP contribution in [-0.4, -0.2) is 4.98 Å². The number of hydrogen-bond donors (Lipinski definition) is 1. The SMILES string of the molecule is Cc1ccc(Cl)c(Oc2nccc(C)c2N)c1. The van der Waals surface area contributed by atoms with Crippen LogP contribution in [0.2, 0.25) is 5.02 Å². The molecule has 0 unspecified atom stereocenters. The van der Waals surface area contributed by atoms with Gasteiger partial charge >= 0.3 is 0 Å². The van der Waals surface area contributed by atoms with Crippen molar-refractivity contribution in [1.82, 2.24) is 4.98 Å². The molecule has 1 heterocycles. The molecule has 0 aliphatic carbocycles. The topological polar surface area (TPSA) is 48.1 Å². The van der Waals surface area contributed by atoms with Gasteiger partial charge in [-0.3, -0.25) is 0 Å². The Kier molecular flexibility index (Phi) is 3.20. The van der Waals surface area contributed by atoms with Crippen molar-refractivity contribution in [1.29, 1.82) is 0 Å². The van der Waals surface area contributed by atoms with E-state index in [-0.39, 0.29) is 0 Å². The summed E-state index contributed by atoms with van der Waals surface area (Å²) in [6, 6.07) is 7.40. The van der Waals surface area contributed by atoms with Crippen molar-refractivity contribution in [3.05, 3.63) is 46.6 Å². The number of aromatic nitrogens is 1. The largest absolute Gasteiger partial charge is 0.435 e. The normalized spacial score (nSPS) is 10.3. The molecule has 3 nitrogen and oxygen atoms in total. The van der Waals surface area contributed by atoms with Gasteiger partial charge in [0.1, 0.15) is 5.75 Å². The van der Waals surface area contributed by atoms with Crippen LogP contribution in [-0.2, 0) is 0 Å². The molecule has 0 spiro atoms. The molecule has 0 aliphatic heterocycles. The Labute approximate surface area is 105 Å². The molecule has 0 amide bonds. The molecule has 0 atom stereocenters. The molecule has 1 aromatic carbocycles. The number of benzene rings is 1. The summed E-state index contributed by atoms with van der Waals surface area (Å²) in [4.78, 5) is 4.10. The second-order valence-electron chi connectivity index (χ2n) is 3.88. The van der Waals surface area contributed by atoms with E-state index < -0.39 is 0 Å². The van der Waals surface area contributed by atoms with Gasteiger partial charge < -0.3 is 10.5 Å². The van der Waals surface area contributed by atoms with Crippen LogP contribution >= 0.6 is 11.6 Å². The molecular weight excluding hydrogens is 236 g/mol. The summed E-state index contributed by atoms with van der Waals surface area (Å²) >= 11 is 6.04. The standard InChI is InChI=1S/C13H13ClN2O/c1-8-3-4-10(14)11(7-8)17-13-12(15)9(2)5-6-16-13/h3-7H,15H2,1-2H3. The predicted octanol–water partition coefficient (Wildman–Crippen LogP) is 3.73. The number of anilines is 1. The van der Waals surface area contributed by atoms with Gasteiger partial charge in [0.15, 0.2) is 0 Å². The molecule has 0 saturated carbocycles. The molecule has 0 saturated heterocycles. The Morgan fingerprint density at radius 2 is 2.00 bits per heavy atom. The molecule has 88 valence electrons. The minimum Gasteiger partial charge on any atom is -0.435 e. The zero-order valence-electron chi connectivity index (χ0n) is 9.70. The van der Waals surface area contributed by atoms with Crippen LogP contribution in [0.3, 0.4) is 0 Å². The first-order valence-corrected chi connectivity index (χ1v) is 5.61. The van der Waals surface area contributed by atoms with Crippen molar-refractivity contribution in [3.8, 4) is 11.6 Å². The molecule has 17 heavy (non-hydrogen) atoms. The van der Waals surface area contributed by atoms with Crippen molar-refractivity contribution < 1.29 is 4.74 Å². The zero-order valence-corrected chi connectivity index (χ0v) is 10.5. The van der Waals surface area contributed by atoms with E-state index in [0.29, 0.717) is 22.3 Å². The van der Waals surface area contributed by atoms with Gasteiger partial charge in [-0.1, -0.05) is 17.7 Å². The lowest BCUT2D eigenvalue weighted by Crippen LogP contribution is -1.97. The van der Waals surface area contributed by atoms with Crippen molar-refractivity contribution >= 4 is 17.3 Å². The molecule has 0 radical (unpaired) electrons. The minimum atomic E-state index is 0.387. The molecule has 2 aromatic rings. The summed E-state index contributed by atoms with van der Waals surface area (Å²) in [5, 5.41) is 0.540. The zero-order chi connectivity index (χ0) is 12.4. The van der Waals surface area contributed by atoms with Gasteiger partial charge in [-0.15, -0.1) is 0 Å². The van der Waals surface area contributed by atoms with Gasteiger partial charge in [0.05, 0.1) is 10.7 Å². The lowest BCUT2D eigenvalue weighted by molar-refractivity contribution is 0.465. The van der Waals surface area contributed by atoms with Crippen LogP contribution in [0.25, 0.3) is 0 Å². The molecule has 2 rings (SSSR count). The Balaban J connectivity index is 2.38. The Morgan fingerprint density at radius 1 is 1.24 bits per heavy atom. The smallest absolute Gasteiger partial charge is 0.242 e. The Bertz CT molecular complexity index is 555. The van der Waals surface area contributed by atoms with Gasteiger partial charge in [0.25, 0.3) is 0 Å². The summed E-state index contributed by atoms with van der Waals surface area (Å²) in [5.41, 5.74) is 8.42. The fourth-order valence-corrected chi connectivity index (χ4v) is 1.58. The first kappa shape index (κ1) is 11.7. The summed E-state index contributed by atoms with van der Waals surface area (Å²) in [6.07, 6.45) is 1.66. The quantitative estimate of drug-likeness (QED) is 0.881. The molecule has 1 aromatic heterocycles. The Morgan fingerprint density at radius 3 is 2.76 bits per heavy atom. The van der Waals surface area contributed by atoms with Crippen LogP contribution in [0.4, 0.5) is 5.69 Å². The van der Waals surface area contributed by atoms with Gasteiger partial charge in [0, 0.05) is 6.20 Å². The molecule has 2 N–H and O–H groups in total. The van der Waals surface area contributed by atoms with Crippen molar-refractivity contribution in [2.24, 2.45) is 0 Å². The van der Waals surface area contributed by atoms with Gasteiger partial charge in [0.2, 0.25) is 5.88 Å². The van der Waals surface area contributed by atoms with Gasteiger partial charge in [-0.2, -0.15) is 0 Å². The van der Waals surface area contributed by atoms with E-state index in [1.165, 1.54) is 0 Å². The van der Waals surface area contributed by atoms with E-state index in [1.807, 2.05) is 32.0 Å². The van der Waals surface area contributed by atoms with E-state index in [9.17, 15) is 0 Å². The van der Waals surface area contributed by atoms with Gasteiger partial charge in [-0.25, -0.2) is 4.98 Å². The fraction of sp³-hybridized carbons (Fsp3) is 0.154. The molecular formula is C13H13ClN2O. The number of nitrogens with two attached hydrogens (primary N) is 1. The third-order valence-electron chi connectivity index (χ3n) is 2.46. The van der Waals surface area contributed by atoms with Crippen LogP contribution in [0.1, 0.15) is 11.1 Å². The van der Waals surface area contributed by atoms with Crippen molar-refractivity contribution in [3.63, 3.8) is 0 Å². The van der Waals surface area contributed by atoms with E-state index in [4.69, 9.17) is 22.1 Å². The maximum atomic E-state index is 6.04. The molecule has 0 aliphatic rings. The lowest BCUT2D eigenvalue weighted by Gasteiger charge is -2.10. The van der Waals surface area contributed by atoms with E-state index in [2.05, 4.69) is 4.98 Å². The third-order valence-corrected chi connectivity index (χ3v) is 2.78. The average molecular weight is 249 g/mol. The van der Waals surface area contributed by atoms with Crippen molar-refractivity contribution in [2.45, 2.75) is 13.8 Å². The minimum absolute atomic E-state index is 0.387. The van der Waals surface area contributed by atoms with E-state index >= 15 is 0 Å². The summed E-state index contributed by atoms with van der Waals surface area (Å²) in [6.45, 7) is 3.87. The summed E-state index contributed by atoms with van der Waals surface area (Å²) < 4.78 is 5.63. The number of nitrogens with zero attached hydrogens (tertiary/aromatic N) is 1. The number of ether oxygens (including phenoxy) is 1. The highest BCUT2D eigenvalue weighted by Crippen LogP contribution is 2.32. The summed E-state index contributed by atoms with van der Waals surface area (Å²) in [5.74, 6) is 0.953.